The molecule has 1 atom stereocenters. The number of amides is 1. The van der Waals surface area contributed by atoms with Gasteiger partial charge in [-0.2, -0.15) is 0 Å². The standard InChI is InChI=1S/C16H18N2O4S/c1-11(16(20)21)7-17-14(19)10-23-9-13-8-22-15(18-13)12-5-3-2-4-6-12/h2-6,8,11H,7,9-10H2,1H3,(H,17,19)(H,20,21)/t11-/m0/s1. The molecule has 2 aromatic rings. The first-order chi connectivity index (χ1) is 11.1. The minimum atomic E-state index is -0.922. The third kappa shape index (κ3) is 5.45. The van der Waals surface area contributed by atoms with Crippen LogP contribution in [-0.2, 0) is 15.3 Å². The van der Waals surface area contributed by atoms with Crippen LogP contribution in [-0.4, -0.2) is 34.3 Å². The number of benzene rings is 1. The second-order valence-electron chi connectivity index (χ2n) is 5.05. The zero-order valence-electron chi connectivity index (χ0n) is 12.7. The Hall–Kier alpha value is -2.28. The van der Waals surface area contributed by atoms with Crippen molar-refractivity contribution in [1.29, 1.82) is 0 Å². The Morgan fingerprint density at radius 2 is 2.09 bits per heavy atom. The van der Waals surface area contributed by atoms with Crippen molar-refractivity contribution in [2.45, 2.75) is 12.7 Å². The van der Waals surface area contributed by atoms with Crippen LogP contribution in [0.3, 0.4) is 0 Å². The van der Waals surface area contributed by atoms with E-state index in [9.17, 15) is 9.59 Å². The molecule has 0 aliphatic heterocycles. The van der Waals surface area contributed by atoms with E-state index in [1.54, 1.807) is 13.2 Å². The van der Waals surface area contributed by atoms with Crippen molar-refractivity contribution >= 4 is 23.6 Å². The zero-order valence-corrected chi connectivity index (χ0v) is 13.5. The van der Waals surface area contributed by atoms with Crippen molar-refractivity contribution in [3.8, 4) is 11.5 Å². The number of aliphatic carboxylic acids is 1. The number of carboxylic acid groups (broad SMARTS) is 1. The molecule has 0 saturated heterocycles. The smallest absolute Gasteiger partial charge is 0.308 e. The molecule has 7 heteroatoms. The minimum Gasteiger partial charge on any atom is -0.481 e. The summed E-state index contributed by atoms with van der Waals surface area (Å²) >= 11 is 1.40. The SMILES string of the molecule is C[C@@H](CNC(=O)CSCc1coc(-c2ccccc2)n1)C(=O)O. The molecule has 1 heterocycles. The second kappa shape index (κ2) is 8.38. The van der Waals surface area contributed by atoms with E-state index in [0.717, 1.165) is 11.3 Å². The molecule has 0 radical (unpaired) electrons. The van der Waals surface area contributed by atoms with Gasteiger partial charge in [0.1, 0.15) is 6.26 Å². The predicted molar refractivity (Wildman–Crippen MR) is 87.9 cm³/mol. The lowest BCUT2D eigenvalue weighted by Gasteiger charge is -2.07. The Bertz CT molecular complexity index is 657. The van der Waals surface area contributed by atoms with E-state index in [-0.39, 0.29) is 18.2 Å². The lowest BCUT2D eigenvalue weighted by molar-refractivity contribution is -0.141. The molecule has 2 N–H and O–H groups in total. The number of thioether (sulfide) groups is 1. The van der Waals surface area contributed by atoms with E-state index < -0.39 is 11.9 Å². The normalized spacial score (nSPS) is 11.9. The summed E-state index contributed by atoms with van der Waals surface area (Å²) in [5, 5.41) is 11.3. The fraction of sp³-hybridized carbons (Fsp3) is 0.312. The summed E-state index contributed by atoms with van der Waals surface area (Å²) in [6.45, 7) is 1.69. The van der Waals surface area contributed by atoms with Gasteiger partial charge in [-0.3, -0.25) is 9.59 Å². The highest BCUT2D eigenvalue weighted by atomic mass is 32.2. The lowest BCUT2D eigenvalue weighted by Crippen LogP contribution is -2.32. The van der Waals surface area contributed by atoms with Crippen LogP contribution in [0.15, 0.2) is 41.0 Å². The molecule has 0 aliphatic rings. The highest BCUT2D eigenvalue weighted by Crippen LogP contribution is 2.20. The van der Waals surface area contributed by atoms with Gasteiger partial charge in [0.2, 0.25) is 11.8 Å². The summed E-state index contributed by atoms with van der Waals surface area (Å²) in [7, 11) is 0. The Morgan fingerprint density at radius 3 is 2.78 bits per heavy atom. The van der Waals surface area contributed by atoms with Crippen molar-refractivity contribution in [3.05, 3.63) is 42.3 Å². The van der Waals surface area contributed by atoms with Crippen LogP contribution in [0.4, 0.5) is 0 Å². The molecule has 0 bridgehead atoms. The number of hydrogen-bond donors (Lipinski definition) is 2. The Morgan fingerprint density at radius 1 is 1.35 bits per heavy atom. The third-order valence-corrected chi connectivity index (χ3v) is 4.05. The number of rotatable bonds is 8. The van der Waals surface area contributed by atoms with Crippen LogP contribution in [0.2, 0.25) is 0 Å². The van der Waals surface area contributed by atoms with Crippen molar-refractivity contribution < 1.29 is 19.1 Å². The van der Waals surface area contributed by atoms with E-state index in [1.807, 2.05) is 30.3 Å². The van der Waals surface area contributed by atoms with Gasteiger partial charge in [-0.1, -0.05) is 25.1 Å². The Kier molecular flexibility index (Phi) is 6.22. The first kappa shape index (κ1) is 17.1. The van der Waals surface area contributed by atoms with E-state index in [4.69, 9.17) is 9.52 Å². The van der Waals surface area contributed by atoms with Crippen LogP contribution in [0.1, 0.15) is 12.6 Å². The summed E-state index contributed by atoms with van der Waals surface area (Å²) in [5.41, 5.74) is 1.67. The number of nitrogens with one attached hydrogen (secondary N) is 1. The van der Waals surface area contributed by atoms with Crippen LogP contribution in [0.5, 0.6) is 0 Å². The lowest BCUT2D eigenvalue weighted by atomic mass is 10.2. The van der Waals surface area contributed by atoms with Crippen molar-refractivity contribution in [3.63, 3.8) is 0 Å². The van der Waals surface area contributed by atoms with E-state index in [2.05, 4.69) is 10.3 Å². The maximum absolute atomic E-state index is 11.6. The van der Waals surface area contributed by atoms with Crippen LogP contribution in [0, 0.1) is 5.92 Å². The van der Waals surface area contributed by atoms with Gasteiger partial charge in [0.05, 0.1) is 17.4 Å². The van der Waals surface area contributed by atoms with Gasteiger partial charge in [0.15, 0.2) is 0 Å². The van der Waals surface area contributed by atoms with Gasteiger partial charge in [0, 0.05) is 17.9 Å². The van der Waals surface area contributed by atoms with Crippen molar-refractivity contribution in [2.24, 2.45) is 5.92 Å². The zero-order chi connectivity index (χ0) is 16.7. The third-order valence-electron chi connectivity index (χ3n) is 3.08. The molecule has 1 amide bonds. The first-order valence-electron chi connectivity index (χ1n) is 7.13. The van der Waals surface area contributed by atoms with Crippen LogP contribution >= 0.6 is 11.8 Å². The monoisotopic (exact) mass is 334 g/mol. The maximum Gasteiger partial charge on any atom is 0.308 e. The largest absolute Gasteiger partial charge is 0.481 e. The fourth-order valence-electron chi connectivity index (χ4n) is 1.74. The summed E-state index contributed by atoms with van der Waals surface area (Å²) in [4.78, 5) is 26.7. The maximum atomic E-state index is 11.6. The number of carbonyl (C=O) groups is 2. The number of oxazole rings is 1. The Labute approximate surface area is 138 Å². The molecule has 0 unspecified atom stereocenters. The molecule has 0 saturated carbocycles. The molecular weight excluding hydrogens is 316 g/mol. The van der Waals surface area contributed by atoms with Crippen LogP contribution < -0.4 is 5.32 Å². The Balaban J connectivity index is 1.73. The van der Waals surface area contributed by atoms with E-state index in [1.165, 1.54) is 11.8 Å². The molecular formula is C16H18N2O4S. The first-order valence-corrected chi connectivity index (χ1v) is 8.29. The van der Waals surface area contributed by atoms with Gasteiger partial charge in [-0.25, -0.2) is 4.98 Å². The molecule has 0 spiro atoms. The molecule has 122 valence electrons. The molecule has 1 aromatic carbocycles. The van der Waals surface area contributed by atoms with Gasteiger partial charge in [-0.05, 0) is 12.1 Å². The number of carbonyl (C=O) groups excluding carboxylic acids is 1. The summed E-state index contributed by atoms with van der Waals surface area (Å²) in [5.74, 6) is -0.337. The topological polar surface area (TPSA) is 92.4 Å². The number of aromatic nitrogens is 1. The number of hydrogen-bond acceptors (Lipinski definition) is 5. The average Bonchev–Trinajstić information content (AvgIpc) is 3.02. The molecule has 0 aliphatic carbocycles. The van der Waals surface area contributed by atoms with Crippen molar-refractivity contribution in [1.82, 2.24) is 10.3 Å². The minimum absolute atomic E-state index is 0.136. The van der Waals surface area contributed by atoms with E-state index >= 15 is 0 Å². The second-order valence-corrected chi connectivity index (χ2v) is 6.03. The molecule has 0 fully saturated rings. The van der Waals surface area contributed by atoms with Gasteiger partial charge < -0.3 is 14.8 Å². The van der Waals surface area contributed by atoms with Crippen molar-refractivity contribution in [2.75, 3.05) is 12.3 Å². The molecule has 2 rings (SSSR count). The highest BCUT2D eigenvalue weighted by Gasteiger charge is 2.12. The molecule has 23 heavy (non-hydrogen) atoms. The number of carboxylic acids is 1. The van der Waals surface area contributed by atoms with E-state index in [0.29, 0.717) is 11.6 Å². The van der Waals surface area contributed by atoms with Gasteiger partial charge in [-0.15, -0.1) is 11.8 Å². The van der Waals surface area contributed by atoms with Gasteiger partial charge in [0.25, 0.3) is 0 Å². The number of nitrogens with zero attached hydrogens (tertiary/aromatic N) is 1. The highest BCUT2D eigenvalue weighted by molar-refractivity contribution is 7.99. The predicted octanol–water partition coefficient (Wildman–Crippen LogP) is 2.41. The van der Waals surface area contributed by atoms with Crippen LogP contribution in [0.25, 0.3) is 11.5 Å². The van der Waals surface area contributed by atoms with Gasteiger partial charge >= 0.3 is 5.97 Å². The quantitative estimate of drug-likeness (QED) is 0.770. The summed E-state index contributed by atoms with van der Waals surface area (Å²) < 4.78 is 5.42. The molecule has 6 nitrogen and oxygen atoms in total. The average molecular weight is 334 g/mol. The summed E-state index contributed by atoms with van der Waals surface area (Å²) in [6, 6.07) is 9.58. The summed E-state index contributed by atoms with van der Waals surface area (Å²) in [6.07, 6.45) is 1.58. The molecule has 1 aromatic heterocycles. The fourth-order valence-corrected chi connectivity index (χ4v) is 2.47.